The van der Waals surface area contributed by atoms with Crippen LogP contribution in [-0.4, -0.2) is 20.6 Å². The van der Waals surface area contributed by atoms with Gasteiger partial charge in [-0.15, -0.1) is 0 Å². The molecule has 1 N–H and O–H groups in total. The molecule has 0 atom stereocenters. The topological polar surface area (TPSA) is 90.1 Å². The number of aryl methyl sites for hydroxylation is 2. The third-order valence-electron chi connectivity index (χ3n) is 3.15. The number of nitrogens with zero attached hydrogens (tertiary/aromatic N) is 3. The Morgan fingerprint density at radius 2 is 2.10 bits per heavy atom. The molecule has 1 aromatic carbocycles. The van der Waals surface area contributed by atoms with Crippen LogP contribution in [0.25, 0.3) is 0 Å². The lowest BCUT2D eigenvalue weighted by Gasteiger charge is -2.05. The van der Waals surface area contributed by atoms with Crippen molar-refractivity contribution in [3.63, 3.8) is 0 Å². The van der Waals surface area contributed by atoms with Crippen LogP contribution in [0.2, 0.25) is 0 Å². The highest BCUT2D eigenvalue weighted by Gasteiger charge is 2.16. The number of amides is 1. The lowest BCUT2D eigenvalue weighted by Crippen LogP contribution is -2.13. The summed E-state index contributed by atoms with van der Waals surface area (Å²) in [4.78, 5) is 22.5. The van der Waals surface area contributed by atoms with Crippen LogP contribution in [0.1, 0.15) is 21.6 Å². The van der Waals surface area contributed by atoms with E-state index < -0.39 is 10.8 Å². The van der Waals surface area contributed by atoms with Gasteiger partial charge in [0.25, 0.3) is 11.6 Å². The first-order valence-electron chi connectivity index (χ1n) is 5.95. The van der Waals surface area contributed by atoms with E-state index in [9.17, 15) is 14.9 Å². The highest BCUT2D eigenvalue weighted by Crippen LogP contribution is 2.20. The van der Waals surface area contributed by atoms with Gasteiger partial charge in [0, 0.05) is 24.2 Å². The molecule has 1 amide bonds. The minimum Gasteiger partial charge on any atom is -0.319 e. The highest BCUT2D eigenvalue weighted by atomic mass is 16.6. The fourth-order valence-electron chi connectivity index (χ4n) is 1.76. The number of rotatable bonds is 3. The maximum Gasteiger partial charge on any atom is 0.273 e. The molecule has 2 rings (SSSR count). The van der Waals surface area contributed by atoms with E-state index in [2.05, 4.69) is 10.4 Å². The Morgan fingerprint density at radius 3 is 2.65 bits per heavy atom. The average molecular weight is 274 g/mol. The number of nitro benzene ring substituents is 1. The van der Waals surface area contributed by atoms with Crippen molar-refractivity contribution >= 4 is 17.3 Å². The second-order valence-corrected chi connectivity index (χ2v) is 4.48. The zero-order valence-corrected chi connectivity index (χ0v) is 11.4. The van der Waals surface area contributed by atoms with Gasteiger partial charge in [-0.2, -0.15) is 5.10 Å². The van der Waals surface area contributed by atoms with Gasteiger partial charge in [-0.25, -0.2) is 0 Å². The van der Waals surface area contributed by atoms with E-state index in [-0.39, 0.29) is 11.3 Å². The van der Waals surface area contributed by atoms with E-state index in [4.69, 9.17) is 0 Å². The number of nitro groups is 1. The van der Waals surface area contributed by atoms with Gasteiger partial charge in [0.2, 0.25) is 0 Å². The fourth-order valence-corrected chi connectivity index (χ4v) is 1.76. The number of aromatic nitrogens is 2. The molecule has 20 heavy (non-hydrogen) atoms. The molecule has 7 heteroatoms. The molecule has 104 valence electrons. The molecule has 0 fully saturated rings. The van der Waals surface area contributed by atoms with E-state index >= 15 is 0 Å². The van der Waals surface area contributed by atoms with Crippen LogP contribution in [0, 0.1) is 24.0 Å². The fraction of sp³-hybridized carbons (Fsp3) is 0.231. The first-order valence-corrected chi connectivity index (χ1v) is 5.95. The second-order valence-electron chi connectivity index (χ2n) is 4.48. The summed E-state index contributed by atoms with van der Waals surface area (Å²) in [6.45, 7) is 3.45. The van der Waals surface area contributed by atoms with Crippen LogP contribution >= 0.6 is 0 Å². The minimum absolute atomic E-state index is 0.0689. The molecule has 1 heterocycles. The molecule has 0 spiro atoms. The molecule has 0 aliphatic carbocycles. The molecular formula is C13H14N4O3. The highest BCUT2D eigenvalue weighted by molar-refractivity contribution is 6.04. The van der Waals surface area contributed by atoms with Crippen LogP contribution in [0.15, 0.2) is 24.4 Å². The van der Waals surface area contributed by atoms with Crippen molar-refractivity contribution in [2.45, 2.75) is 13.8 Å². The number of anilines is 1. The Balaban J connectivity index is 2.28. The number of nitrogens with one attached hydrogen (secondary N) is 1. The number of hydrogen-bond acceptors (Lipinski definition) is 4. The molecule has 1 aromatic heterocycles. The summed E-state index contributed by atoms with van der Waals surface area (Å²) in [6.07, 6.45) is 1.54. The summed E-state index contributed by atoms with van der Waals surface area (Å²) in [6, 6.07) is 4.39. The van der Waals surface area contributed by atoms with Gasteiger partial charge >= 0.3 is 0 Å². The van der Waals surface area contributed by atoms with E-state index in [0.29, 0.717) is 11.3 Å². The van der Waals surface area contributed by atoms with Gasteiger partial charge in [0.1, 0.15) is 0 Å². The van der Waals surface area contributed by atoms with E-state index in [0.717, 1.165) is 5.69 Å². The largest absolute Gasteiger partial charge is 0.319 e. The predicted octanol–water partition coefficient (Wildman–Crippen LogP) is 2.20. The Morgan fingerprint density at radius 1 is 1.40 bits per heavy atom. The summed E-state index contributed by atoms with van der Waals surface area (Å²) in [5, 5.41) is 17.6. The molecular weight excluding hydrogens is 260 g/mol. The van der Waals surface area contributed by atoms with Crippen LogP contribution < -0.4 is 5.32 Å². The van der Waals surface area contributed by atoms with E-state index in [1.165, 1.54) is 12.3 Å². The van der Waals surface area contributed by atoms with Crippen molar-refractivity contribution in [2.24, 2.45) is 7.05 Å². The van der Waals surface area contributed by atoms with Crippen molar-refractivity contribution < 1.29 is 9.72 Å². The molecule has 0 unspecified atom stereocenters. The van der Waals surface area contributed by atoms with Crippen molar-refractivity contribution in [1.29, 1.82) is 0 Å². The Labute approximate surface area is 115 Å². The SMILES string of the molecule is Cc1ccc(C(=O)Nc2cnn(C)c2C)cc1[N+](=O)[O-]. The van der Waals surface area contributed by atoms with Crippen molar-refractivity contribution in [3.8, 4) is 0 Å². The average Bonchev–Trinajstić information content (AvgIpc) is 2.71. The Bertz CT molecular complexity index is 691. The molecule has 0 aliphatic heterocycles. The molecule has 0 bridgehead atoms. The summed E-state index contributed by atoms with van der Waals surface area (Å²) in [5.41, 5.74) is 2.08. The van der Waals surface area contributed by atoms with Crippen LogP contribution in [0.4, 0.5) is 11.4 Å². The second kappa shape index (κ2) is 5.12. The normalized spacial score (nSPS) is 10.3. The lowest BCUT2D eigenvalue weighted by molar-refractivity contribution is -0.385. The predicted molar refractivity (Wildman–Crippen MR) is 73.7 cm³/mol. The van der Waals surface area contributed by atoms with Gasteiger partial charge in [0.05, 0.1) is 22.5 Å². The Hall–Kier alpha value is -2.70. The molecule has 2 aromatic rings. The molecule has 0 saturated heterocycles. The van der Waals surface area contributed by atoms with Gasteiger partial charge in [-0.1, -0.05) is 6.07 Å². The Kier molecular flexibility index (Phi) is 3.51. The zero-order chi connectivity index (χ0) is 14.9. The molecule has 0 saturated carbocycles. The van der Waals surface area contributed by atoms with Crippen LogP contribution in [0.5, 0.6) is 0 Å². The minimum atomic E-state index is -0.499. The lowest BCUT2D eigenvalue weighted by atomic mass is 10.1. The number of hydrogen-bond donors (Lipinski definition) is 1. The van der Waals surface area contributed by atoms with Crippen molar-refractivity contribution in [3.05, 3.63) is 51.3 Å². The maximum atomic E-state index is 12.1. The summed E-state index contributed by atoms with van der Waals surface area (Å²) in [7, 11) is 1.77. The third-order valence-corrected chi connectivity index (χ3v) is 3.15. The van der Waals surface area contributed by atoms with Gasteiger partial charge in [-0.3, -0.25) is 19.6 Å². The first kappa shape index (κ1) is 13.7. The number of carbonyl (C=O) groups is 1. The van der Waals surface area contributed by atoms with Crippen molar-refractivity contribution in [2.75, 3.05) is 5.32 Å². The number of carbonyl (C=O) groups excluding carboxylic acids is 1. The quantitative estimate of drug-likeness (QED) is 0.686. The summed E-state index contributed by atoms with van der Waals surface area (Å²) in [5.74, 6) is -0.399. The van der Waals surface area contributed by atoms with Crippen molar-refractivity contribution in [1.82, 2.24) is 9.78 Å². The van der Waals surface area contributed by atoms with Gasteiger partial charge in [-0.05, 0) is 19.9 Å². The standard InChI is InChI=1S/C13H14N4O3/c1-8-4-5-10(6-12(8)17(19)20)13(18)15-11-7-14-16(3)9(11)2/h4-7H,1-3H3,(H,15,18). The third kappa shape index (κ3) is 2.51. The summed E-state index contributed by atoms with van der Waals surface area (Å²) < 4.78 is 1.63. The monoisotopic (exact) mass is 274 g/mol. The molecule has 0 radical (unpaired) electrons. The zero-order valence-electron chi connectivity index (χ0n) is 11.4. The van der Waals surface area contributed by atoms with E-state index in [1.807, 2.05) is 6.92 Å². The summed E-state index contributed by atoms with van der Waals surface area (Å²) >= 11 is 0. The van der Waals surface area contributed by atoms with Gasteiger partial charge < -0.3 is 5.32 Å². The molecule has 0 aliphatic rings. The number of benzene rings is 1. The molecule has 7 nitrogen and oxygen atoms in total. The maximum absolute atomic E-state index is 12.1. The smallest absolute Gasteiger partial charge is 0.273 e. The first-order chi connectivity index (χ1) is 9.40. The van der Waals surface area contributed by atoms with Crippen LogP contribution in [0.3, 0.4) is 0 Å². The van der Waals surface area contributed by atoms with E-state index in [1.54, 1.807) is 30.8 Å². The van der Waals surface area contributed by atoms with Gasteiger partial charge in [0.15, 0.2) is 0 Å². The van der Waals surface area contributed by atoms with Crippen LogP contribution in [-0.2, 0) is 7.05 Å².